The molecule has 0 aromatic heterocycles. The van der Waals surface area contributed by atoms with Crippen LogP contribution in [0.3, 0.4) is 0 Å². The number of aliphatic hydroxyl groups is 1. The van der Waals surface area contributed by atoms with E-state index in [1.54, 1.807) is 0 Å². The van der Waals surface area contributed by atoms with Crippen molar-refractivity contribution in [1.29, 1.82) is 0 Å². The first-order valence-corrected chi connectivity index (χ1v) is 7.91. The molecule has 1 N–H and O–H groups in total. The summed E-state index contributed by atoms with van der Waals surface area (Å²) in [7, 11) is 0. The lowest BCUT2D eigenvalue weighted by molar-refractivity contribution is 0.0340. The standard InChI is InChI=1S/C18H31NO2/c1-7-19(13-18(5,6)20)10-11-21-16-8-9-17(14(2)3)15(4)12-16/h8-9,12,14,20H,7,10-11,13H2,1-6H3. The smallest absolute Gasteiger partial charge is 0.119 e. The molecule has 0 amide bonds. The fourth-order valence-corrected chi connectivity index (χ4v) is 2.57. The van der Waals surface area contributed by atoms with Crippen LogP contribution in [0, 0.1) is 6.92 Å². The van der Waals surface area contributed by atoms with Crippen LogP contribution in [-0.4, -0.2) is 41.8 Å². The predicted molar refractivity (Wildman–Crippen MR) is 89.2 cm³/mol. The van der Waals surface area contributed by atoms with Gasteiger partial charge >= 0.3 is 0 Å². The van der Waals surface area contributed by atoms with Crippen molar-refractivity contribution >= 4 is 0 Å². The molecule has 0 radical (unpaired) electrons. The summed E-state index contributed by atoms with van der Waals surface area (Å²) >= 11 is 0. The SMILES string of the molecule is CCN(CCOc1ccc(C(C)C)c(C)c1)CC(C)(C)O. The molecule has 0 aliphatic rings. The summed E-state index contributed by atoms with van der Waals surface area (Å²) in [5.41, 5.74) is 2.00. The molecule has 21 heavy (non-hydrogen) atoms. The zero-order valence-corrected chi connectivity index (χ0v) is 14.4. The molecule has 3 nitrogen and oxygen atoms in total. The van der Waals surface area contributed by atoms with Gasteiger partial charge in [0, 0.05) is 13.1 Å². The van der Waals surface area contributed by atoms with Gasteiger partial charge in [-0.15, -0.1) is 0 Å². The van der Waals surface area contributed by atoms with Crippen LogP contribution in [0.25, 0.3) is 0 Å². The number of benzene rings is 1. The second-order valence-electron chi connectivity index (χ2n) is 6.70. The summed E-state index contributed by atoms with van der Waals surface area (Å²) in [6.45, 7) is 15.4. The Balaban J connectivity index is 2.50. The van der Waals surface area contributed by atoms with Crippen LogP contribution in [0.15, 0.2) is 18.2 Å². The molecular formula is C18H31NO2. The minimum atomic E-state index is -0.661. The molecule has 0 spiro atoms. The molecule has 0 saturated heterocycles. The van der Waals surface area contributed by atoms with E-state index in [0.29, 0.717) is 19.1 Å². The molecule has 0 aliphatic carbocycles. The summed E-state index contributed by atoms with van der Waals surface area (Å²) in [5.74, 6) is 1.47. The zero-order valence-electron chi connectivity index (χ0n) is 14.4. The third-order valence-corrected chi connectivity index (χ3v) is 3.60. The Morgan fingerprint density at radius 2 is 1.95 bits per heavy atom. The number of likely N-dealkylation sites (N-methyl/N-ethyl adjacent to an activating group) is 1. The van der Waals surface area contributed by atoms with Gasteiger partial charge < -0.3 is 9.84 Å². The molecule has 3 heteroatoms. The Kier molecular flexibility index (Phi) is 6.69. The molecule has 0 bridgehead atoms. The lowest BCUT2D eigenvalue weighted by Crippen LogP contribution is -2.40. The predicted octanol–water partition coefficient (Wildman–Crippen LogP) is 3.59. The van der Waals surface area contributed by atoms with Gasteiger partial charge in [0.25, 0.3) is 0 Å². The van der Waals surface area contributed by atoms with Gasteiger partial charge in [-0.05, 0) is 56.5 Å². The maximum absolute atomic E-state index is 9.87. The van der Waals surface area contributed by atoms with Gasteiger partial charge in [-0.3, -0.25) is 4.90 Å². The Bertz CT molecular complexity index is 435. The number of aryl methyl sites for hydroxylation is 1. The highest BCUT2D eigenvalue weighted by atomic mass is 16.5. The summed E-state index contributed by atoms with van der Waals surface area (Å²) in [6, 6.07) is 6.32. The van der Waals surface area contributed by atoms with Gasteiger partial charge in [0.05, 0.1) is 5.60 Å². The summed E-state index contributed by atoms with van der Waals surface area (Å²) in [5, 5.41) is 9.87. The topological polar surface area (TPSA) is 32.7 Å². The fourth-order valence-electron chi connectivity index (χ4n) is 2.57. The van der Waals surface area contributed by atoms with Crippen molar-refractivity contribution in [3.05, 3.63) is 29.3 Å². The van der Waals surface area contributed by atoms with Crippen molar-refractivity contribution < 1.29 is 9.84 Å². The lowest BCUT2D eigenvalue weighted by Gasteiger charge is -2.27. The molecule has 0 saturated carbocycles. The highest BCUT2D eigenvalue weighted by Crippen LogP contribution is 2.23. The van der Waals surface area contributed by atoms with Crippen LogP contribution < -0.4 is 4.74 Å². The van der Waals surface area contributed by atoms with E-state index < -0.39 is 5.60 Å². The van der Waals surface area contributed by atoms with Crippen molar-refractivity contribution in [2.75, 3.05) is 26.2 Å². The largest absolute Gasteiger partial charge is 0.492 e. The van der Waals surface area contributed by atoms with Crippen LogP contribution in [0.2, 0.25) is 0 Å². The Labute approximate surface area is 129 Å². The normalized spacial score (nSPS) is 12.2. The third kappa shape index (κ3) is 6.49. The zero-order chi connectivity index (χ0) is 16.0. The second kappa shape index (κ2) is 7.81. The van der Waals surface area contributed by atoms with Crippen LogP contribution in [0.1, 0.15) is 51.7 Å². The van der Waals surface area contributed by atoms with Crippen LogP contribution >= 0.6 is 0 Å². The number of hydrogen-bond donors (Lipinski definition) is 1. The van der Waals surface area contributed by atoms with E-state index in [9.17, 15) is 5.11 Å². The van der Waals surface area contributed by atoms with Gasteiger partial charge in [0.1, 0.15) is 12.4 Å². The van der Waals surface area contributed by atoms with Crippen LogP contribution in [0.4, 0.5) is 0 Å². The maximum atomic E-state index is 9.87. The van der Waals surface area contributed by atoms with Gasteiger partial charge in [-0.1, -0.05) is 26.8 Å². The molecule has 1 rings (SSSR count). The molecule has 0 fully saturated rings. The lowest BCUT2D eigenvalue weighted by atomic mass is 9.98. The van der Waals surface area contributed by atoms with Gasteiger partial charge in [0.15, 0.2) is 0 Å². The molecule has 1 aromatic carbocycles. The Morgan fingerprint density at radius 1 is 1.29 bits per heavy atom. The van der Waals surface area contributed by atoms with Crippen molar-refractivity contribution in [1.82, 2.24) is 4.90 Å². The van der Waals surface area contributed by atoms with Crippen LogP contribution in [0.5, 0.6) is 5.75 Å². The van der Waals surface area contributed by atoms with E-state index in [4.69, 9.17) is 4.74 Å². The third-order valence-electron chi connectivity index (χ3n) is 3.60. The molecule has 0 unspecified atom stereocenters. The van der Waals surface area contributed by atoms with Gasteiger partial charge in [0.2, 0.25) is 0 Å². The first-order valence-electron chi connectivity index (χ1n) is 7.91. The number of ether oxygens (including phenoxy) is 1. The average molecular weight is 293 g/mol. The van der Waals surface area contributed by atoms with E-state index in [2.05, 4.69) is 50.8 Å². The molecular weight excluding hydrogens is 262 g/mol. The molecule has 0 aliphatic heterocycles. The molecule has 0 atom stereocenters. The van der Waals surface area contributed by atoms with Gasteiger partial charge in [-0.25, -0.2) is 0 Å². The maximum Gasteiger partial charge on any atom is 0.119 e. The number of nitrogens with zero attached hydrogens (tertiary/aromatic N) is 1. The summed E-state index contributed by atoms with van der Waals surface area (Å²) < 4.78 is 5.85. The van der Waals surface area contributed by atoms with Crippen LogP contribution in [-0.2, 0) is 0 Å². The van der Waals surface area contributed by atoms with Gasteiger partial charge in [-0.2, -0.15) is 0 Å². The van der Waals surface area contributed by atoms with E-state index >= 15 is 0 Å². The van der Waals surface area contributed by atoms with Crippen molar-refractivity contribution in [2.45, 2.75) is 53.1 Å². The second-order valence-corrected chi connectivity index (χ2v) is 6.70. The first kappa shape index (κ1) is 18.0. The minimum absolute atomic E-state index is 0.543. The average Bonchev–Trinajstić information content (AvgIpc) is 2.35. The van der Waals surface area contributed by atoms with E-state index in [-0.39, 0.29) is 0 Å². The highest BCUT2D eigenvalue weighted by Gasteiger charge is 2.16. The summed E-state index contributed by atoms with van der Waals surface area (Å²) in [6.07, 6.45) is 0. The molecule has 0 heterocycles. The van der Waals surface area contributed by atoms with E-state index in [0.717, 1.165) is 18.8 Å². The van der Waals surface area contributed by atoms with E-state index in [1.165, 1.54) is 11.1 Å². The highest BCUT2D eigenvalue weighted by molar-refractivity contribution is 5.36. The monoisotopic (exact) mass is 293 g/mol. The molecule has 120 valence electrons. The van der Waals surface area contributed by atoms with E-state index in [1.807, 2.05) is 13.8 Å². The van der Waals surface area contributed by atoms with Crippen molar-refractivity contribution in [2.24, 2.45) is 0 Å². The number of rotatable bonds is 8. The Morgan fingerprint density at radius 3 is 2.43 bits per heavy atom. The fraction of sp³-hybridized carbons (Fsp3) is 0.667. The molecule has 1 aromatic rings. The summed E-state index contributed by atoms with van der Waals surface area (Å²) in [4.78, 5) is 2.20. The Hall–Kier alpha value is -1.06. The van der Waals surface area contributed by atoms with Crippen molar-refractivity contribution in [3.63, 3.8) is 0 Å². The number of hydrogen-bond acceptors (Lipinski definition) is 3. The van der Waals surface area contributed by atoms with Crippen molar-refractivity contribution in [3.8, 4) is 5.75 Å². The quantitative estimate of drug-likeness (QED) is 0.795. The first-order chi connectivity index (χ1) is 9.73. The minimum Gasteiger partial charge on any atom is -0.492 e.